The first kappa shape index (κ1) is 11.4. The average Bonchev–Trinajstić information content (AvgIpc) is 2.67. The van der Waals surface area contributed by atoms with Gasteiger partial charge in [0, 0.05) is 19.4 Å². The fourth-order valence-corrected chi connectivity index (χ4v) is 1.69. The maximum Gasteiger partial charge on any atom is 0.137 e. The highest BCUT2D eigenvalue weighted by molar-refractivity contribution is 5.80. The number of carbonyl (C=O) groups excluding carboxylic acids is 1. The first-order valence-corrected chi connectivity index (χ1v) is 5.52. The van der Waals surface area contributed by atoms with Crippen LogP contribution in [-0.2, 0) is 9.53 Å². The van der Waals surface area contributed by atoms with Gasteiger partial charge in [0.05, 0.1) is 6.10 Å². The molecule has 0 spiro atoms. The summed E-state index contributed by atoms with van der Waals surface area (Å²) in [6.07, 6.45) is 5.64. The van der Waals surface area contributed by atoms with E-state index in [2.05, 4.69) is 6.58 Å². The van der Waals surface area contributed by atoms with Gasteiger partial charge in [-0.3, -0.25) is 4.79 Å². The quantitative estimate of drug-likeness (QED) is 0.611. The molecule has 0 amide bonds. The monoisotopic (exact) mass is 196 g/mol. The van der Waals surface area contributed by atoms with Crippen LogP contribution in [0.5, 0.6) is 0 Å². The van der Waals surface area contributed by atoms with E-state index in [0.717, 1.165) is 37.9 Å². The van der Waals surface area contributed by atoms with Gasteiger partial charge in [0.25, 0.3) is 0 Å². The molecule has 80 valence electrons. The normalized spacial score (nSPS) is 21.1. The van der Waals surface area contributed by atoms with E-state index >= 15 is 0 Å². The fraction of sp³-hybridized carbons (Fsp3) is 0.750. The second-order valence-electron chi connectivity index (χ2n) is 3.99. The highest BCUT2D eigenvalue weighted by Gasteiger charge is 2.16. The number of carbonyl (C=O) groups is 1. The van der Waals surface area contributed by atoms with Crippen molar-refractivity contribution < 1.29 is 9.53 Å². The SMILES string of the molecule is C=C(CC)CC(=O)CCC1CCCO1. The van der Waals surface area contributed by atoms with Crippen molar-refractivity contribution in [2.75, 3.05) is 6.61 Å². The first-order chi connectivity index (χ1) is 6.72. The third-order valence-electron chi connectivity index (χ3n) is 2.72. The van der Waals surface area contributed by atoms with E-state index in [1.54, 1.807) is 0 Å². The molecule has 0 aromatic carbocycles. The minimum Gasteiger partial charge on any atom is -0.378 e. The van der Waals surface area contributed by atoms with E-state index < -0.39 is 0 Å². The Bertz CT molecular complexity index is 202. The van der Waals surface area contributed by atoms with Crippen LogP contribution in [0.1, 0.15) is 45.4 Å². The van der Waals surface area contributed by atoms with Crippen LogP contribution >= 0.6 is 0 Å². The van der Waals surface area contributed by atoms with Crippen molar-refractivity contribution in [2.45, 2.75) is 51.6 Å². The van der Waals surface area contributed by atoms with Crippen molar-refractivity contribution in [3.63, 3.8) is 0 Å². The second-order valence-corrected chi connectivity index (χ2v) is 3.99. The summed E-state index contributed by atoms with van der Waals surface area (Å²) in [7, 11) is 0. The van der Waals surface area contributed by atoms with Crippen LogP contribution < -0.4 is 0 Å². The Balaban J connectivity index is 2.11. The van der Waals surface area contributed by atoms with E-state index in [1.807, 2.05) is 6.92 Å². The standard InChI is InChI=1S/C12H20O2/c1-3-10(2)9-11(13)6-7-12-5-4-8-14-12/h12H,2-9H2,1H3. The number of hydrogen-bond donors (Lipinski definition) is 0. The number of allylic oxidation sites excluding steroid dienone is 1. The molecule has 0 N–H and O–H groups in total. The molecule has 0 saturated carbocycles. The Kier molecular flexibility index (Phi) is 4.88. The first-order valence-electron chi connectivity index (χ1n) is 5.52. The zero-order chi connectivity index (χ0) is 10.4. The molecule has 0 aromatic heterocycles. The molecule has 0 radical (unpaired) electrons. The van der Waals surface area contributed by atoms with Crippen LogP contribution in [-0.4, -0.2) is 18.5 Å². The number of ketones is 1. The lowest BCUT2D eigenvalue weighted by molar-refractivity contribution is -0.119. The molecule has 1 atom stereocenters. The predicted molar refractivity (Wildman–Crippen MR) is 57.3 cm³/mol. The zero-order valence-corrected chi connectivity index (χ0v) is 9.05. The smallest absolute Gasteiger partial charge is 0.137 e. The fourth-order valence-electron chi connectivity index (χ4n) is 1.69. The number of ether oxygens (including phenoxy) is 1. The molecule has 0 aliphatic carbocycles. The Hall–Kier alpha value is -0.630. The van der Waals surface area contributed by atoms with Crippen LogP contribution in [0.25, 0.3) is 0 Å². The Labute approximate surface area is 86.3 Å². The largest absolute Gasteiger partial charge is 0.378 e. The molecule has 1 heterocycles. The number of Topliss-reactive ketones (excluding diaryl/α,β-unsaturated/α-hetero) is 1. The van der Waals surface area contributed by atoms with Gasteiger partial charge in [-0.1, -0.05) is 19.1 Å². The summed E-state index contributed by atoms with van der Waals surface area (Å²) in [5, 5.41) is 0. The molecule has 0 bridgehead atoms. The lowest BCUT2D eigenvalue weighted by atomic mass is 10.0. The highest BCUT2D eigenvalue weighted by atomic mass is 16.5. The van der Waals surface area contributed by atoms with Gasteiger partial charge in [-0.25, -0.2) is 0 Å². The Morgan fingerprint density at radius 2 is 2.36 bits per heavy atom. The van der Waals surface area contributed by atoms with Crippen molar-refractivity contribution >= 4 is 5.78 Å². The summed E-state index contributed by atoms with van der Waals surface area (Å²) in [5.41, 5.74) is 1.04. The summed E-state index contributed by atoms with van der Waals surface area (Å²) in [6, 6.07) is 0. The van der Waals surface area contributed by atoms with Crippen LogP contribution in [0.15, 0.2) is 12.2 Å². The third-order valence-corrected chi connectivity index (χ3v) is 2.72. The molecule has 2 heteroatoms. The summed E-state index contributed by atoms with van der Waals surface area (Å²) in [6.45, 7) is 6.75. The number of rotatable bonds is 6. The van der Waals surface area contributed by atoms with E-state index in [1.165, 1.54) is 0 Å². The van der Waals surface area contributed by atoms with Gasteiger partial charge in [-0.15, -0.1) is 0 Å². The number of hydrogen-bond acceptors (Lipinski definition) is 2. The molecular weight excluding hydrogens is 176 g/mol. The Morgan fingerprint density at radius 3 is 2.93 bits per heavy atom. The highest BCUT2D eigenvalue weighted by Crippen LogP contribution is 2.18. The maximum absolute atomic E-state index is 11.5. The maximum atomic E-state index is 11.5. The Morgan fingerprint density at radius 1 is 1.57 bits per heavy atom. The average molecular weight is 196 g/mol. The molecular formula is C12H20O2. The summed E-state index contributed by atoms with van der Waals surface area (Å²) in [4.78, 5) is 11.5. The molecule has 1 aliphatic heterocycles. The van der Waals surface area contributed by atoms with Gasteiger partial charge in [-0.05, 0) is 25.7 Å². The van der Waals surface area contributed by atoms with Crippen LogP contribution in [0, 0.1) is 0 Å². The van der Waals surface area contributed by atoms with E-state index in [9.17, 15) is 4.79 Å². The van der Waals surface area contributed by atoms with Crippen LogP contribution in [0.3, 0.4) is 0 Å². The van der Waals surface area contributed by atoms with Gasteiger partial charge < -0.3 is 4.74 Å². The lowest BCUT2D eigenvalue weighted by Crippen LogP contribution is -2.08. The van der Waals surface area contributed by atoms with Crippen molar-refractivity contribution in [3.8, 4) is 0 Å². The van der Waals surface area contributed by atoms with Crippen LogP contribution in [0.2, 0.25) is 0 Å². The van der Waals surface area contributed by atoms with Crippen LogP contribution in [0.4, 0.5) is 0 Å². The lowest BCUT2D eigenvalue weighted by Gasteiger charge is -2.08. The molecule has 1 fully saturated rings. The van der Waals surface area contributed by atoms with Gasteiger partial charge in [-0.2, -0.15) is 0 Å². The summed E-state index contributed by atoms with van der Waals surface area (Å²) < 4.78 is 5.46. The molecule has 1 rings (SSSR count). The van der Waals surface area contributed by atoms with Gasteiger partial charge >= 0.3 is 0 Å². The molecule has 1 aliphatic rings. The van der Waals surface area contributed by atoms with E-state index in [0.29, 0.717) is 24.7 Å². The second kappa shape index (κ2) is 5.97. The van der Waals surface area contributed by atoms with Gasteiger partial charge in [0.15, 0.2) is 0 Å². The topological polar surface area (TPSA) is 26.3 Å². The van der Waals surface area contributed by atoms with Gasteiger partial charge in [0.2, 0.25) is 0 Å². The third kappa shape index (κ3) is 4.05. The summed E-state index contributed by atoms with van der Waals surface area (Å²) in [5.74, 6) is 0.312. The van der Waals surface area contributed by atoms with Crippen molar-refractivity contribution in [1.29, 1.82) is 0 Å². The minimum absolute atomic E-state index is 0.312. The van der Waals surface area contributed by atoms with Crippen molar-refractivity contribution in [2.24, 2.45) is 0 Å². The van der Waals surface area contributed by atoms with E-state index in [4.69, 9.17) is 4.74 Å². The zero-order valence-electron chi connectivity index (χ0n) is 9.05. The molecule has 1 saturated heterocycles. The molecule has 0 aromatic rings. The predicted octanol–water partition coefficient (Wildman–Crippen LogP) is 2.87. The molecule has 2 nitrogen and oxygen atoms in total. The van der Waals surface area contributed by atoms with Crippen molar-refractivity contribution in [1.82, 2.24) is 0 Å². The summed E-state index contributed by atoms with van der Waals surface area (Å²) >= 11 is 0. The molecule has 14 heavy (non-hydrogen) atoms. The van der Waals surface area contributed by atoms with Crippen molar-refractivity contribution in [3.05, 3.63) is 12.2 Å². The minimum atomic E-state index is 0.312. The van der Waals surface area contributed by atoms with Gasteiger partial charge in [0.1, 0.15) is 5.78 Å². The molecule has 1 unspecified atom stereocenters. The van der Waals surface area contributed by atoms with E-state index in [-0.39, 0.29) is 0 Å².